The predicted octanol–water partition coefficient (Wildman–Crippen LogP) is 3.75. The van der Waals surface area contributed by atoms with Gasteiger partial charge in [0.2, 0.25) is 0 Å². The van der Waals surface area contributed by atoms with E-state index in [1.807, 2.05) is 12.1 Å². The number of nitrogens with one attached hydrogen (secondary N) is 1. The summed E-state index contributed by atoms with van der Waals surface area (Å²) in [7, 11) is 0. The van der Waals surface area contributed by atoms with Crippen LogP contribution < -0.4 is 5.32 Å². The van der Waals surface area contributed by atoms with Crippen LogP contribution in [0.4, 0.5) is 5.69 Å². The van der Waals surface area contributed by atoms with Crippen LogP contribution in [0, 0.1) is 0 Å². The molecule has 0 aliphatic heterocycles. The molecular weight excluding hydrogens is 304 g/mol. The van der Waals surface area contributed by atoms with E-state index in [2.05, 4.69) is 26.2 Å². The average Bonchev–Trinajstić information content (AvgIpc) is 2.32. The third kappa shape index (κ3) is 3.28. The summed E-state index contributed by atoms with van der Waals surface area (Å²) in [6, 6.07) is 10.4. The van der Waals surface area contributed by atoms with Crippen LogP contribution in [-0.2, 0) is 0 Å². The highest BCUT2D eigenvalue weighted by atomic mass is 79.9. The van der Waals surface area contributed by atoms with Crippen LogP contribution >= 0.6 is 27.5 Å². The molecule has 2 aromatic rings. The second kappa shape index (κ2) is 5.29. The smallest absolute Gasteiger partial charge is 0.274 e. The largest absolute Gasteiger partial charge is 0.321 e. The van der Waals surface area contributed by atoms with E-state index in [0.717, 1.165) is 4.47 Å². The molecule has 0 radical (unpaired) electrons. The Morgan fingerprint density at radius 2 is 1.94 bits per heavy atom. The van der Waals surface area contributed by atoms with Crippen LogP contribution in [0.3, 0.4) is 0 Å². The maximum atomic E-state index is 11.8. The minimum atomic E-state index is -0.283. The number of aromatic nitrogens is 1. The number of carbonyl (C=O) groups excluding carboxylic acids is 1. The Morgan fingerprint density at radius 1 is 1.24 bits per heavy atom. The molecule has 0 unspecified atom stereocenters. The lowest BCUT2D eigenvalue weighted by molar-refractivity contribution is 0.102. The van der Waals surface area contributed by atoms with Gasteiger partial charge in [-0.15, -0.1) is 0 Å². The zero-order valence-electron chi connectivity index (χ0n) is 8.65. The number of hydrogen-bond acceptors (Lipinski definition) is 2. The summed E-state index contributed by atoms with van der Waals surface area (Å²) >= 11 is 9.11. The van der Waals surface area contributed by atoms with Gasteiger partial charge in [-0.2, -0.15) is 0 Å². The van der Waals surface area contributed by atoms with Gasteiger partial charge in [0.05, 0.1) is 0 Å². The summed E-state index contributed by atoms with van der Waals surface area (Å²) in [5.74, 6) is -0.283. The number of rotatable bonds is 2. The molecule has 0 aliphatic rings. The number of carbonyl (C=O) groups is 1. The topological polar surface area (TPSA) is 42.0 Å². The highest BCUT2D eigenvalue weighted by Gasteiger charge is 2.07. The van der Waals surface area contributed by atoms with Crippen LogP contribution in [0.25, 0.3) is 0 Å². The molecule has 0 spiro atoms. The highest BCUT2D eigenvalue weighted by Crippen LogP contribution is 2.15. The molecule has 1 heterocycles. The molecule has 3 nitrogen and oxygen atoms in total. The second-order valence-corrected chi connectivity index (χ2v) is 4.67. The van der Waals surface area contributed by atoms with Gasteiger partial charge in [0.15, 0.2) is 0 Å². The lowest BCUT2D eigenvalue weighted by atomic mass is 10.3. The molecular formula is C12H8BrClN2O. The van der Waals surface area contributed by atoms with Crippen LogP contribution in [0.5, 0.6) is 0 Å². The Balaban J connectivity index is 2.14. The quantitative estimate of drug-likeness (QED) is 0.918. The summed E-state index contributed by atoms with van der Waals surface area (Å²) in [5.41, 5.74) is 1.00. The summed E-state index contributed by atoms with van der Waals surface area (Å²) in [6.45, 7) is 0. The molecule has 5 heteroatoms. The van der Waals surface area contributed by atoms with Crippen LogP contribution in [0.1, 0.15) is 10.5 Å². The third-order valence-electron chi connectivity index (χ3n) is 2.06. The fraction of sp³-hybridized carbons (Fsp3) is 0. The molecule has 2 rings (SSSR count). The van der Waals surface area contributed by atoms with E-state index < -0.39 is 0 Å². The highest BCUT2D eigenvalue weighted by molar-refractivity contribution is 9.10. The molecule has 1 aromatic carbocycles. The fourth-order valence-corrected chi connectivity index (χ4v) is 1.68. The number of amides is 1. The number of halogens is 2. The fourth-order valence-electron chi connectivity index (χ4n) is 1.26. The molecule has 0 saturated heterocycles. The van der Waals surface area contributed by atoms with Crippen molar-refractivity contribution in [3.63, 3.8) is 0 Å². The van der Waals surface area contributed by atoms with Crippen molar-refractivity contribution in [1.29, 1.82) is 0 Å². The molecule has 17 heavy (non-hydrogen) atoms. The van der Waals surface area contributed by atoms with Gasteiger partial charge in [-0.3, -0.25) is 9.78 Å². The number of nitrogens with zero attached hydrogens (tertiary/aromatic N) is 1. The van der Waals surface area contributed by atoms with Crippen molar-refractivity contribution in [3.05, 3.63) is 57.8 Å². The van der Waals surface area contributed by atoms with E-state index in [0.29, 0.717) is 16.4 Å². The Bertz CT molecular complexity index is 542. The van der Waals surface area contributed by atoms with Gasteiger partial charge in [0, 0.05) is 21.4 Å². The third-order valence-corrected chi connectivity index (χ3v) is 2.82. The second-order valence-electron chi connectivity index (χ2n) is 3.32. The standard InChI is InChI=1S/C12H8BrClN2O/c13-8-1-3-10(4-2-8)16-12(17)11-7-9(14)5-6-15-11/h1-7H,(H,16,17). The molecule has 1 aromatic heterocycles. The van der Waals surface area contributed by atoms with Crippen molar-refractivity contribution >= 4 is 39.1 Å². The first-order valence-corrected chi connectivity index (χ1v) is 6.01. The lowest BCUT2D eigenvalue weighted by Gasteiger charge is -2.04. The van der Waals surface area contributed by atoms with Gasteiger partial charge in [-0.05, 0) is 36.4 Å². The zero-order valence-corrected chi connectivity index (χ0v) is 11.0. The Hall–Kier alpha value is -1.39. The van der Waals surface area contributed by atoms with E-state index in [4.69, 9.17) is 11.6 Å². The van der Waals surface area contributed by atoms with Gasteiger partial charge in [-0.25, -0.2) is 0 Å². The Morgan fingerprint density at radius 3 is 2.59 bits per heavy atom. The normalized spacial score (nSPS) is 10.0. The minimum Gasteiger partial charge on any atom is -0.321 e. The first-order valence-electron chi connectivity index (χ1n) is 4.83. The van der Waals surface area contributed by atoms with E-state index in [1.165, 1.54) is 12.3 Å². The first-order chi connectivity index (χ1) is 8.15. The molecule has 1 N–H and O–H groups in total. The van der Waals surface area contributed by atoms with Gasteiger partial charge >= 0.3 is 0 Å². The SMILES string of the molecule is O=C(Nc1ccc(Br)cc1)c1cc(Cl)ccn1. The summed E-state index contributed by atoms with van der Waals surface area (Å²) < 4.78 is 0.955. The molecule has 86 valence electrons. The van der Waals surface area contributed by atoms with E-state index in [-0.39, 0.29) is 5.91 Å². The van der Waals surface area contributed by atoms with Crippen molar-refractivity contribution in [2.45, 2.75) is 0 Å². The molecule has 0 fully saturated rings. The molecule has 0 aliphatic carbocycles. The lowest BCUT2D eigenvalue weighted by Crippen LogP contribution is -2.13. The van der Waals surface area contributed by atoms with Gasteiger partial charge in [-0.1, -0.05) is 27.5 Å². The van der Waals surface area contributed by atoms with Gasteiger partial charge < -0.3 is 5.32 Å². The van der Waals surface area contributed by atoms with E-state index >= 15 is 0 Å². The van der Waals surface area contributed by atoms with Crippen molar-refractivity contribution < 1.29 is 4.79 Å². The first kappa shape index (κ1) is 12.1. The zero-order chi connectivity index (χ0) is 12.3. The minimum absolute atomic E-state index is 0.283. The Kier molecular flexibility index (Phi) is 3.76. The predicted molar refractivity (Wildman–Crippen MR) is 71.3 cm³/mol. The van der Waals surface area contributed by atoms with Crippen molar-refractivity contribution in [2.24, 2.45) is 0 Å². The van der Waals surface area contributed by atoms with Gasteiger partial charge in [0.1, 0.15) is 5.69 Å². The number of benzene rings is 1. The number of hydrogen-bond donors (Lipinski definition) is 1. The summed E-state index contributed by atoms with van der Waals surface area (Å²) in [6.07, 6.45) is 1.50. The van der Waals surface area contributed by atoms with Crippen molar-refractivity contribution in [3.8, 4) is 0 Å². The Labute approximate surface area is 112 Å². The molecule has 0 saturated carbocycles. The maximum absolute atomic E-state index is 11.8. The molecule has 1 amide bonds. The number of pyridine rings is 1. The van der Waals surface area contributed by atoms with Crippen LogP contribution in [0.15, 0.2) is 47.1 Å². The summed E-state index contributed by atoms with van der Waals surface area (Å²) in [4.78, 5) is 15.8. The number of anilines is 1. The monoisotopic (exact) mass is 310 g/mol. The van der Waals surface area contributed by atoms with Gasteiger partial charge in [0.25, 0.3) is 5.91 Å². The maximum Gasteiger partial charge on any atom is 0.274 e. The average molecular weight is 312 g/mol. The molecule has 0 bridgehead atoms. The van der Waals surface area contributed by atoms with E-state index in [1.54, 1.807) is 18.2 Å². The van der Waals surface area contributed by atoms with Crippen LogP contribution in [0.2, 0.25) is 5.02 Å². The van der Waals surface area contributed by atoms with Crippen LogP contribution in [-0.4, -0.2) is 10.9 Å². The molecule has 0 atom stereocenters. The van der Waals surface area contributed by atoms with E-state index in [9.17, 15) is 4.79 Å². The van der Waals surface area contributed by atoms with Crippen molar-refractivity contribution in [1.82, 2.24) is 4.98 Å². The summed E-state index contributed by atoms with van der Waals surface area (Å²) in [5, 5.41) is 3.22. The van der Waals surface area contributed by atoms with Crippen molar-refractivity contribution in [2.75, 3.05) is 5.32 Å².